The quantitative estimate of drug-likeness (QED) is 0.555. The lowest BCUT2D eigenvalue weighted by Gasteiger charge is -2.04. The summed E-state index contributed by atoms with van der Waals surface area (Å²) < 4.78 is 0. The summed E-state index contributed by atoms with van der Waals surface area (Å²) >= 11 is 0. The van der Waals surface area contributed by atoms with E-state index in [4.69, 9.17) is 6.42 Å². The summed E-state index contributed by atoms with van der Waals surface area (Å²) in [4.78, 5) is 2.62. The van der Waals surface area contributed by atoms with Crippen LogP contribution in [-0.2, 0) is 10.9 Å². The van der Waals surface area contributed by atoms with Gasteiger partial charge in [0.25, 0.3) is 0 Å². The molecule has 16 heavy (non-hydrogen) atoms. The van der Waals surface area contributed by atoms with Crippen LogP contribution in [0.25, 0.3) is 0 Å². The van der Waals surface area contributed by atoms with Crippen LogP contribution in [0.1, 0.15) is 0 Å². The lowest BCUT2D eigenvalue weighted by molar-refractivity contribution is 1.37. The minimum absolute atomic E-state index is 0.0126. The minimum Gasteiger partial charge on any atom is -0.115 e. The SMILES string of the molecule is C#CC[S+](c1ccccc1)c1ccccc1. The highest BCUT2D eigenvalue weighted by Crippen LogP contribution is 2.22. The molecule has 0 N–H and O–H groups in total. The fraction of sp³-hybridized carbons (Fsp3) is 0.0667. The number of benzene rings is 2. The van der Waals surface area contributed by atoms with E-state index in [1.165, 1.54) is 9.79 Å². The maximum Gasteiger partial charge on any atom is 0.178 e. The van der Waals surface area contributed by atoms with E-state index in [9.17, 15) is 0 Å². The minimum atomic E-state index is 0.0126. The van der Waals surface area contributed by atoms with Crippen molar-refractivity contribution >= 4 is 10.9 Å². The molecule has 2 rings (SSSR count). The van der Waals surface area contributed by atoms with E-state index in [0.717, 1.165) is 5.75 Å². The average Bonchev–Trinajstić information content (AvgIpc) is 2.38. The molecule has 0 saturated heterocycles. The largest absolute Gasteiger partial charge is 0.178 e. The van der Waals surface area contributed by atoms with Gasteiger partial charge in [-0.25, -0.2) is 0 Å². The molecule has 0 spiro atoms. The molecule has 0 aliphatic heterocycles. The summed E-state index contributed by atoms with van der Waals surface area (Å²) in [6.45, 7) is 0. The molecule has 2 aromatic rings. The van der Waals surface area contributed by atoms with E-state index in [-0.39, 0.29) is 10.9 Å². The molecular formula is C15H13S+. The van der Waals surface area contributed by atoms with Crippen LogP contribution >= 0.6 is 0 Å². The molecule has 1 heteroatoms. The van der Waals surface area contributed by atoms with Gasteiger partial charge in [-0.3, -0.25) is 0 Å². The Morgan fingerprint density at radius 3 is 1.62 bits per heavy atom. The summed E-state index contributed by atoms with van der Waals surface area (Å²) in [6, 6.07) is 20.9. The molecule has 78 valence electrons. The van der Waals surface area contributed by atoms with Crippen LogP contribution < -0.4 is 0 Å². The van der Waals surface area contributed by atoms with E-state index in [1.807, 2.05) is 12.1 Å². The van der Waals surface area contributed by atoms with Crippen LogP contribution in [0, 0.1) is 12.3 Å². The summed E-state index contributed by atoms with van der Waals surface area (Å²) in [7, 11) is 0.0126. The summed E-state index contributed by atoms with van der Waals surface area (Å²) in [6.07, 6.45) is 5.46. The van der Waals surface area contributed by atoms with Gasteiger partial charge in [-0.2, -0.15) is 0 Å². The lowest BCUT2D eigenvalue weighted by Crippen LogP contribution is -2.06. The molecule has 0 bridgehead atoms. The number of rotatable bonds is 3. The predicted octanol–water partition coefficient (Wildman–Crippen LogP) is 3.36. The Morgan fingerprint density at radius 1 is 0.812 bits per heavy atom. The van der Waals surface area contributed by atoms with E-state index < -0.39 is 0 Å². The summed E-state index contributed by atoms with van der Waals surface area (Å²) in [5, 5.41) is 0. The maximum atomic E-state index is 5.46. The van der Waals surface area contributed by atoms with Gasteiger partial charge in [0.1, 0.15) is 0 Å². The predicted molar refractivity (Wildman–Crippen MR) is 70.5 cm³/mol. The third kappa shape index (κ3) is 2.48. The molecule has 0 saturated carbocycles. The van der Waals surface area contributed by atoms with Crippen LogP contribution in [0.4, 0.5) is 0 Å². The summed E-state index contributed by atoms with van der Waals surface area (Å²) in [5.74, 6) is 3.55. The molecule has 0 heterocycles. The highest BCUT2D eigenvalue weighted by Gasteiger charge is 2.22. The first-order valence-corrected chi connectivity index (χ1v) is 6.55. The van der Waals surface area contributed by atoms with Gasteiger partial charge in [-0.1, -0.05) is 42.3 Å². The van der Waals surface area contributed by atoms with Crippen molar-refractivity contribution in [3.8, 4) is 12.3 Å². The highest BCUT2D eigenvalue weighted by molar-refractivity contribution is 7.97. The van der Waals surface area contributed by atoms with E-state index in [2.05, 4.69) is 54.5 Å². The highest BCUT2D eigenvalue weighted by atomic mass is 32.2. The zero-order valence-corrected chi connectivity index (χ0v) is 9.78. The van der Waals surface area contributed by atoms with Crippen molar-refractivity contribution in [1.29, 1.82) is 0 Å². The third-order valence-electron chi connectivity index (χ3n) is 2.28. The second-order valence-corrected chi connectivity index (χ2v) is 5.38. The van der Waals surface area contributed by atoms with Gasteiger partial charge < -0.3 is 0 Å². The topological polar surface area (TPSA) is 0 Å². The molecular weight excluding hydrogens is 212 g/mol. The van der Waals surface area contributed by atoms with Crippen molar-refractivity contribution in [3.05, 3.63) is 60.7 Å². The van der Waals surface area contributed by atoms with Crippen molar-refractivity contribution in [3.63, 3.8) is 0 Å². The fourth-order valence-electron chi connectivity index (χ4n) is 1.56. The van der Waals surface area contributed by atoms with Crippen molar-refractivity contribution in [2.24, 2.45) is 0 Å². The third-order valence-corrected chi connectivity index (χ3v) is 4.42. The van der Waals surface area contributed by atoms with E-state index in [0.29, 0.717) is 0 Å². The van der Waals surface area contributed by atoms with Gasteiger partial charge in [0.05, 0.1) is 10.9 Å². The molecule has 0 nitrogen and oxygen atoms in total. The van der Waals surface area contributed by atoms with Crippen molar-refractivity contribution in [2.75, 3.05) is 5.75 Å². The first-order valence-electron chi connectivity index (χ1n) is 5.16. The van der Waals surface area contributed by atoms with Gasteiger partial charge in [-0.15, -0.1) is 6.42 Å². The zero-order chi connectivity index (χ0) is 11.2. The summed E-state index contributed by atoms with van der Waals surface area (Å²) in [5.41, 5.74) is 0. The molecule has 0 unspecified atom stereocenters. The Bertz CT molecular complexity index is 428. The van der Waals surface area contributed by atoms with Gasteiger partial charge in [0.2, 0.25) is 0 Å². The molecule has 0 aromatic heterocycles. The van der Waals surface area contributed by atoms with Gasteiger partial charge in [0.15, 0.2) is 15.5 Å². The Labute approximate surface area is 99.7 Å². The maximum absolute atomic E-state index is 5.46. The standard InChI is InChI=1S/C15H13S/c1-2-13-16(14-9-5-3-6-10-14)15-11-7-4-8-12-15/h1,3-12H,13H2/q+1. The van der Waals surface area contributed by atoms with Crippen LogP contribution in [0.5, 0.6) is 0 Å². The van der Waals surface area contributed by atoms with Crippen LogP contribution in [0.3, 0.4) is 0 Å². The van der Waals surface area contributed by atoms with Crippen molar-refractivity contribution in [1.82, 2.24) is 0 Å². The van der Waals surface area contributed by atoms with Gasteiger partial charge >= 0.3 is 0 Å². The molecule has 0 atom stereocenters. The van der Waals surface area contributed by atoms with Crippen molar-refractivity contribution in [2.45, 2.75) is 9.79 Å². The van der Waals surface area contributed by atoms with E-state index in [1.54, 1.807) is 0 Å². The number of hydrogen-bond acceptors (Lipinski definition) is 0. The molecule has 2 aromatic carbocycles. The second-order valence-electron chi connectivity index (χ2n) is 3.37. The fourth-order valence-corrected chi connectivity index (χ4v) is 3.30. The lowest BCUT2D eigenvalue weighted by atomic mass is 10.4. The molecule has 0 amide bonds. The normalized spacial score (nSPS) is 10.0. The molecule has 0 radical (unpaired) electrons. The molecule has 0 fully saturated rings. The molecule has 0 aliphatic carbocycles. The zero-order valence-electron chi connectivity index (χ0n) is 8.97. The number of hydrogen-bond donors (Lipinski definition) is 0. The molecule has 0 aliphatic rings. The van der Waals surface area contributed by atoms with Crippen LogP contribution in [0.15, 0.2) is 70.5 Å². The Balaban J connectivity index is 2.36. The monoisotopic (exact) mass is 225 g/mol. The smallest absolute Gasteiger partial charge is 0.115 e. The van der Waals surface area contributed by atoms with Crippen LogP contribution in [0.2, 0.25) is 0 Å². The average molecular weight is 225 g/mol. The first kappa shape index (κ1) is 10.9. The van der Waals surface area contributed by atoms with Gasteiger partial charge in [0, 0.05) is 0 Å². The second kappa shape index (κ2) is 5.44. The van der Waals surface area contributed by atoms with Gasteiger partial charge in [-0.05, 0) is 24.3 Å². The van der Waals surface area contributed by atoms with E-state index >= 15 is 0 Å². The Hall–Kier alpha value is -1.65. The Kier molecular flexibility index (Phi) is 3.69. The van der Waals surface area contributed by atoms with Crippen LogP contribution in [-0.4, -0.2) is 5.75 Å². The Morgan fingerprint density at radius 2 is 1.25 bits per heavy atom. The van der Waals surface area contributed by atoms with Crippen molar-refractivity contribution < 1.29 is 0 Å². The number of terminal acetylenes is 1. The first-order chi connectivity index (χ1) is 7.92.